The van der Waals surface area contributed by atoms with Gasteiger partial charge in [-0.25, -0.2) is 14.8 Å². The Kier molecular flexibility index (Phi) is 5.72. The summed E-state index contributed by atoms with van der Waals surface area (Å²) < 4.78 is 5.09. The fourth-order valence-electron chi connectivity index (χ4n) is 3.88. The van der Waals surface area contributed by atoms with E-state index in [0.717, 1.165) is 34.7 Å². The quantitative estimate of drug-likeness (QED) is 0.583. The van der Waals surface area contributed by atoms with Crippen LogP contribution in [0.1, 0.15) is 22.0 Å². The van der Waals surface area contributed by atoms with Gasteiger partial charge in [0.1, 0.15) is 23.0 Å². The highest BCUT2D eigenvalue weighted by Gasteiger charge is 2.33. The number of halogens is 1. The molecule has 29 heavy (non-hydrogen) atoms. The Balaban J connectivity index is 1.59. The standard InChI is InChI=1S/C21H23ClN4O2S/c1-13-14(2)29-20-17(13)19(23-12-24-20)26-10-8-25(9-11-26)18(21(27)28-3)15-6-4-5-7-16(15)22/h4-7,12,18H,8-11H2,1-3H3. The Morgan fingerprint density at radius 1 is 1.17 bits per heavy atom. The van der Waals surface area contributed by atoms with E-state index in [-0.39, 0.29) is 5.97 Å². The lowest BCUT2D eigenvalue weighted by atomic mass is 10.0. The van der Waals surface area contributed by atoms with Crippen molar-refractivity contribution >= 4 is 44.9 Å². The molecule has 2 aromatic heterocycles. The summed E-state index contributed by atoms with van der Waals surface area (Å²) in [6.45, 7) is 7.18. The zero-order chi connectivity index (χ0) is 20.5. The van der Waals surface area contributed by atoms with Crippen molar-refractivity contribution in [2.24, 2.45) is 0 Å². The molecule has 3 aromatic rings. The van der Waals surface area contributed by atoms with Gasteiger partial charge in [-0.2, -0.15) is 0 Å². The lowest BCUT2D eigenvalue weighted by Crippen LogP contribution is -2.49. The SMILES string of the molecule is COC(=O)C(c1ccccc1Cl)N1CCN(c2ncnc3sc(C)c(C)c23)CC1. The molecule has 152 valence electrons. The number of piperazine rings is 1. The highest BCUT2D eigenvalue weighted by Crippen LogP contribution is 2.35. The van der Waals surface area contributed by atoms with Gasteiger partial charge >= 0.3 is 5.97 Å². The minimum atomic E-state index is -0.508. The molecule has 1 unspecified atom stereocenters. The minimum absolute atomic E-state index is 0.291. The van der Waals surface area contributed by atoms with E-state index in [0.29, 0.717) is 18.1 Å². The Morgan fingerprint density at radius 2 is 1.90 bits per heavy atom. The normalized spacial score (nSPS) is 16.2. The number of rotatable bonds is 4. The largest absolute Gasteiger partial charge is 0.468 e. The van der Waals surface area contributed by atoms with E-state index in [2.05, 4.69) is 33.6 Å². The Morgan fingerprint density at radius 3 is 2.59 bits per heavy atom. The first-order valence-corrected chi connectivity index (χ1v) is 10.7. The molecule has 1 aromatic carbocycles. The second kappa shape index (κ2) is 8.26. The van der Waals surface area contributed by atoms with Crippen molar-refractivity contribution in [3.8, 4) is 0 Å². The van der Waals surface area contributed by atoms with Crippen LogP contribution in [0, 0.1) is 13.8 Å². The molecular formula is C21H23ClN4O2S. The molecule has 6 nitrogen and oxygen atoms in total. The van der Waals surface area contributed by atoms with Crippen LogP contribution in [0.3, 0.4) is 0 Å². The Labute approximate surface area is 179 Å². The van der Waals surface area contributed by atoms with Gasteiger partial charge in [0.15, 0.2) is 0 Å². The van der Waals surface area contributed by atoms with E-state index >= 15 is 0 Å². The highest BCUT2D eigenvalue weighted by atomic mass is 35.5. The molecule has 1 fully saturated rings. The molecule has 0 bridgehead atoms. The van der Waals surface area contributed by atoms with Gasteiger partial charge in [0, 0.05) is 36.1 Å². The summed E-state index contributed by atoms with van der Waals surface area (Å²) in [6.07, 6.45) is 1.64. The van der Waals surface area contributed by atoms with Crippen LogP contribution in [-0.4, -0.2) is 54.1 Å². The number of nitrogens with zero attached hydrogens (tertiary/aromatic N) is 4. The highest BCUT2D eigenvalue weighted by molar-refractivity contribution is 7.18. The number of ether oxygens (including phenoxy) is 1. The van der Waals surface area contributed by atoms with E-state index in [4.69, 9.17) is 16.3 Å². The van der Waals surface area contributed by atoms with Crippen molar-refractivity contribution in [1.82, 2.24) is 14.9 Å². The maximum Gasteiger partial charge on any atom is 0.327 e. The number of benzene rings is 1. The number of anilines is 1. The topological polar surface area (TPSA) is 58.6 Å². The molecule has 1 aliphatic heterocycles. The number of fused-ring (bicyclic) bond motifs is 1. The number of aromatic nitrogens is 2. The molecule has 0 radical (unpaired) electrons. The first-order chi connectivity index (χ1) is 14.0. The van der Waals surface area contributed by atoms with Crippen LogP contribution >= 0.6 is 22.9 Å². The van der Waals surface area contributed by atoms with Crippen molar-refractivity contribution in [2.75, 3.05) is 38.2 Å². The van der Waals surface area contributed by atoms with Crippen molar-refractivity contribution in [3.05, 3.63) is 51.6 Å². The number of esters is 1. The molecule has 1 aliphatic rings. The van der Waals surface area contributed by atoms with Crippen molar-refractivity contribution < 1.29 is 9.53 Å². The molecule has 0 saturated carbocycles. The van der Waals surface area contributed by atoms with Crippen molar-refractivity contribution in [1.29, 1.82) is 0 Å². The molecule has 1 saturated heterocycles. The number of aryl methyl sites for hydroxylation is 2. The fraction of sp³-hybridized carbons (Fsp3) is 0.381. The molecule has 4 rings (SSSR count). The molecule has 0 N–H and O–H groups in total. The van der Waals surface area contributed by atoms with Crippen molar-refractivity contribution in [2.45, 2.75) is 19.9 Å². The molecular weight excluding hydrogens is 408 g/mol. The van der Waals surface area contributed by atoms with Gasteiger partial charge in [-0.15, -0.1) is 11.3 Å². The summed E-state index contributed by atoms with van der Waals surface area (Å²) in [5.41, 5.74) is 2.02. The third kappa shape index (κ3) is 3.70. The summed E-state index contributed by atoms with van der Waals surface area (Å²) in [5, 5.41) is 1.71. The maximum absolute atomic E-state index is 12.6. The summed E-state index contributed by atoms with van der Waals surface area (Å²) >= 11 is 8.09. The predicted molar refractivity (Wildman–Crippen MR) is 117 cm³/mol. The van der Waals surface area contributed by atoms with Crippen LogP contribution < -0.4 is 4.90 Å². The monoisotopic (exact) mass is 430 g/mol. The average molecular weight is 431 g/mol. The van der Waals surface area contributed by atoms with Crippen LogP contribution in [0.15, 0.2) is 30.6 Å². The second-order valence-corrected chi connectivity index (χ2v) is 8.74. The van der Waals surface area contributed by atoms with Crippen LogP contribution in [0.25, 0.3) is 10.2 Å². The number of methoxy groups -OCH3 is 1. The molecule has 0 spiro atoms. The average Bonchev–Trinajstić information content (AvgIpc) is 3.04. The number of thiophene rings is 1. The third-order valence-corrected chi connectivity index (χ3v) is 7.01. The second-order valence-electron chi connectivity index (χ2n) is 7.13. The lowest BCUT2D eigenvalue weighted by Gasteiger charge is -2.39. The third-order valence-electron chi connectivity index (χ3n) is 5.55. The van der Waals surface area contributed by atoms with Crippen LogP contribution in [0.2, 0.25) is 5.02 Å². The van der Waals surface area contributed by atoms with Gasteiger partial charge in [-0.05, 0) is 31.0 Å². The van der Waals surface area contributed by atoms with Crippen LogP contribution in [0.5, 0.6) is 0 Å². The minimum Gasteiger partial charge on any atom is -0.468 e. The summed E-state index contributed by atoms with van der Waals surface area (Å²) in [5.74, 6) is 0.684. The van der Waals surface area contributed by atoms with E-state index in [1.54, 1.807) is 17.7 Å². The smallest absolute Gasteiger partial charge is 0.327 e. The zero-order valence-corrected chi connectivity index (χ0v) is 18.3. The van der Waals surface area contributed by atoms with E-state index in [9.17, 15) is 4.79 Å². The first-order valence-electron chi connectivity index (χ1n) is 9.53. The fourth-order valence-corrected chi connectivity index (χ4v) is 5.11. The number of carbonyl (C=O) groups is 1. The Hall–Kier alpha value is -2.22. The number of hydrogen-bond acceptors (Lipinski definition) is 7. The van der Waals surface area contributed by atoms with Gasteiger partial charge in [0.25, 0.3) is 0 Å². The Bertz CT molecular complexity index is 1050. The lowest BCUT2D eigenvalue weighted by molar-refractivity contribution is -0.147. The number of hydrogen-bond donors (Lipinski definition) is 0. The number of carbonyl (C=O) groups excluding carboxylic acids is 1. The van der Waals surface area contributed by atoms with E-state index in [1.165, 1.54) is 17.6 Å². The van der Waals surface area contributed by atoms with E-state index in [1.807, 2.05) is 24.3 Å². The van der Waals surface area contributed by atoms with Gasteiger partial charge in [-0.1, -0.05) is 29.8 Å². The molecule has 8 heteroatoms. The summed E-state index contributed by atoms with van der Waals surface area (Å²) in [4.78, 5) is 28.3. The molecule has 0 amide bonds. The van der Waals surface area contributed by atoms with Crippen molar-refractivity contribution in [3.63, 3.8) is 0 Å². The van der Waals surface area contributed by atoms with Gasteiger partial charge in [0.05, 0.1) is 12.5 Å². The van der Waals surface area contributed by atoms with Crippen LogP contribution in [0.4, 0.5) is 5.82 Å². The predicted octanol–water partition coefficient (Wildman–Crippen LogP) is 4.00. The zero-order valence-electron chi connectivity index (χ0n) is 16.7. The molecule has 3 heterocycles. The van der Waals surface area contributed by atoms with Gasteiger partial charge in [0.2, 0.25) is 0 Å². The van der Waals surface area contributed by atoms with Gasteiger partial charge in [-0.3, -0.25) is 4.90 Å². The molecule has 0 aliphatic carbocycles. The maximum atomic E-state index is 12.6. The molecule has 1 atom stereocenters. The van der Waals surface area contributed by atoms with E-state index < -0.39 is 6.04 Å². The first kappa shape index (κ1) is 20.1. The summed E-state index contributed by atoms with van der Waals surface area (Å²) in [7, 11) is 1.42. The summed E-state index contributed by atoms with van der Waals surface area (Å²) in [6, 6.07) is 6.95. The van der Waals surface area contributed by atoms with Crippen LogP contribution in [-0.2, 0) is 9.53 Å². The van der Waals surface area contributed by atoms with Gasteiger partial charge < -0.3 is 9.64 Å².